The van der Waals surface area contributed by atoms with E-state index >= 15 is 0 Å². The standard InChI is InChI=1S/C14H18ClNO4/c1-14(2,3)20-13(18)16-7-10(8-16)19-12-6-9(17)4-5-11(12)15/h4-6,10,17H,7-8H2,1-3H3. The van der Waals surface area contributed by atoms with Crippen molar-refractivity contribution in [3.63, 3.8) is 0 Å². The van der Waals surface area contributed by atoms with Crippen molar-refractivity contribution in [3.05, 3.63) is 23.2 Å². The van der Waals surface area contributed by atoms with Gasteiger partial charge in [-0.05, 0) is 32.9 Å². The maximum Gasteiger partial charge on any atom is 0.410 e. The molecular weight excluding hydrogens is 282 g/mol. The average molecular weight is 300 g/mol. The highest BCUT2D eigenvalue weighted by Gasteiger charge is 2.35. The largest absolute Gasteiger partial charge is 0.508 e. The van der Waals surface area contributed by atoms with Crippen molar-refractivity contribution in [2.24, 2.45) is 0 Å². The van der Waals surface area contributed by atoms with Gasteiger partial charge in [0.05, 0.1) is 18.1 Å². The van der Waals surface area contributed by atoms with Crippen LogP contribution in [0.25, 0.3) is 0 Å². The number of phenolic OH excluding ortho intramolecular Hbond substituents is 1. The van der Waals surface area contributed by atoms with Crippen LogP contribution in [-0.2, 0) is 4.74 Å². The molecule has 0 bridgehead atoms. The van der Waals surface area contributed by atoms with Crippen molar-refractivity contribution < 1.29 is 19.4 Å². The van der Waals surface area contributed by atoms with E-state index in [4.69, 9.17) is 21.1 Å². The third-order valence-electron chi connectivity index (χ3n) is 2.71. The van der Waals surface area contributed by atoms with Gasteiger partial charge in [0.2, 0.25) is 0 Å². The van der Waals surface area contributed by atoms with Crippen LogP contribution in [0.5, 0.6) is 11.5 Å². The molecule has 1 aromatic carbocycles. The van der Waals surface area contributed by atoms with Gasteiger partial charge in [-0.1, -0.05) is 11.6 Å². The van der Waals surface area contributed by atoms with E-state index in [-0.39, 0.29) is 17.9 Å². The number of amides is 1. The van der Waals surface area contributed by atoms with Crippen LogP contribution >= 0.6 is 11.6 Å². The fourth-order valence-electron chi connectivity index (χ4n) is 1.75. The van der Waals surface area contributed by atoms with Gasteiger partial charge in [0.15, 0.2) is 0 Å². The topological polar surface area (TPSA) is 59.0 Å². The summed E-state index contributed by atoms with van der Waals surface area (Å²) in [4.78, 5) is 13.3. The Balaban J connectivity index is 1.85. The van der Waals surface area contributed by atoms with Gasteiger partial charge in [-0.2, -0.15) is 0 Å². The van der Waals surface area contributed by atoms with E-state index in [1.165, 1.54) is 12.1 Å². The average Bonchev–Trinajstić information content (AvgIpc) is 2.24. The lowest BCUT2D eigenvalue weighted by atomic mass is 10.1. The second-order valence-corrected chi connectivity index (χ2v) is 6.15. The lowest BCUT2D eigenvalue weighted by molar-refractivity contribution is -0.0221. The number of aromatic hydroxyl groups is 1. The van der Waals surface area contributed by atoms with Crippen LogP contribution in [-0.4, -0.2) is 40.9 Å². The Labute approximate surface area is 123 Å². The normalized spacial score (nSPS) is 15.7. The molecule has 5 nitrogen and oxygen atoms in total. The highest BCUT2D eigenvalue weighted by atomic mass is 35.5. The van der Waals surface area contributed by atoms with Crippen LogP contribution in [0.2, 0.25) is 5.02 Å². The highest BCUT2D eigenvalue weighted by molar-refractivity contribution is 6.32. The zero-order valence-electron chi connectivity index (χ0n) is 11.7. The second kappa shape index (κ2) is 5.40. The predicted octanol–water partition coefficient (Wildman–Crippen LogP) is 3.04. The molecule has 1 aliphatic rings. The summed E-state index contributed by atoms with van der Waals surface area (Å²) in [5.41, 5.74) is -0.502. The number of likely N-dealkylation sites (tertiary alicyclic amines) is 1. The fraction of sp³-hybridized carbons (Fsp3) is 0.500. The van der Waals surface area contributed by atoms with Gasteiger partial charge in [-0.25, -0.2) is 4.79 Å². The van der Waals surface area contributed by atoms with Crippen molar-refractivity contribution in [1.82, 2.24) is 4.90 Å². The number of phenols is 1. The summed E-state index contributed by atoms with van der Waals surface area (Å²) in [5.74, 6) is 0.508. The van der Waals surface area contributed by atoms with Gasteiger partial charge >= 0.3 is 6.09 Å². The zero-order chi connectivity index (χ0) is 14.9. The molecule has 2 rings (SSSR count). The summed E-state index contributed by atoms with van der Waals surface area (Å²) >= 11 is 5.97. The Kier molecular flexibility index (Phi) is 3.99. The van der Waals surface area contributed by atoms with Crippen molar-refractivity contribution >= 4 is 17.7 Å². The van der Waals surface area contributed by atoms with Gasteiger partial charge in [0, 0.05) is 6.07 Å². The molecule has 0 saturated carbocycles. The van der Waals surface area contributed by atoms with E-state index in [0.717, 1.165) is 0 Å². The molecule has 1 fully saturated rings. The smallest absolute Gasteiger partial charge is 0.410 e. The van der Waals surface area contributed by atoms with Crippen molar-refractivity contribution in [2.75, 3.05) is 13.1 Å². The Bertz CT molecular complexity index is 506. The fourth-order valence-corrected chi connectivity index (χ4v) is 1.91. The zero-order valence-corrected chi connectivity index (χ0v) is 12.5. The lowest BCUT2D eigenvalue weighted by Gasteiger charge is -2.39. The number of nitrogens with zero attached hydrogens (tertiary/aromatic N) is 1. The van der Waals surface area contributed by atoms with Crippen molar-refractivity contribution in [2.45, 2.75) is 32.5 Å². The van der Waals surface area contributed by atoms with Crippen molar-refractivity contribution in [3.8, 4) is 11.5 Å². The highest BCUT2D eigenvalue weighted by Crippen LogP contribution is 2.30. The summed E-state index contributed by atoms with van der Waals surface area (Å²) in [6, 6.07) is 4.51. The first-order chi connectivity index (χ1) is 9.24. The Morgan fingerprint density at radius 1 is 1.40 bits per heavy atom. The predicted molar refractivity (Wildman–Crippen MR) is 75.3 cm³/mol. The number of rotatable bonds is 2. The Hall–Kier alpha value is -1.62. The molecule has 1 aromatic rings. The minimum Gasteiger partial charge on any atom is -0.508 e. The lowest BCUT2D eigenvalue weighted by Crippen LogP contribution is -2.57. The summed E-state index contributed by atoms with van der Waals surface area (Å²) in [6.45, 7) is 6.36. The Morgan fingerprint density at radius 3 is 2.65 bits per heavy atom. The molecule has 1 amide bonds. The quantitative estimate of drug-likeness (QED) is 0.912. The number of carbonyl (C=O) groups is 1. The third kappa shape index (κ3) is 3.70. The van der Waals surface area contributed by atoms with E-state index in [2.05, 4.69) is 0 Å². The summed E-state index contributed by atoms with van der Waals surface area (Å²) < 4.78 is 10.9. The van der Waals surface area contributed by atoms with E-state index in [1.54, 1.807) is 11.0 Å². The number of hydrogen-bond acceptors (Lipinski definition) is 4. The first-order valence-electron chi connectivity index (χ1n) is 6.38. The number of ether oxygens (including phenoxy) is 2. The molecule has 110 valence electrons. The van der Waals surface area contributed by atoms with Crippen LogP contribution < -0.4 is 4.74 Å². The molecule has 1 aliphatic heterocycles. The minimum atomic E-state index is -0.502. The van der Waals surface area contributed by atoms with E-state index in [1.807, 2.05) is 20.8 Å². The number of carbonyl (C=O) groups excluding carboxylic acids is 1. The molecule has 1 N–H and O–H groups in total. The van der Waals surface area contributed by atoms with Gasteiger partial charge < -0.3 is 19.5 Å². The van der Waals surface area contributed by atoms with Crippen LogP contribution in [0.15, 0.2) is 18.2 Å². The molecule has 0 atom stereocenters. The number of benzene rings is 1. The van der Waals surface area contributed by atoms with Crippen LogP contribution in [0.4, 0.5) is 4.79 Å². The van der Waals surface area contributed by atoms with E-state index < -0.39 is 5.60 Å². The maximum atomic E-state index is 11.7. The molecule has 6 heteroatoms. The summed E-state index contributed by atoms with van der Waals surface area (Å²) in [5, 5.41) is 9.81. The maximum absolute atomic E-state index is 11.7. The molecule has 0 spiro atoms. The molecule has 0 aliphatic carbocycles. The van der Waals surface area contributed by atoms with E-state index in [0.29, 0.717) is 23.9 Å². The molecule has 0 radical (unpaired) electrons. The van der Waals surface area contributed by atoms with Gasteiger partial charge in [-0.3, -0.25) is 0 Å². The third-order valence-corrected chi connectivity index (χ3v) is 3.02. The first kappa shape index (κ1) is 14.8. The van der Waals surface area contributed by atoms with Crippen LogP contribution in [0.3, 0.4) is 0 Å². The molecule has 0 aromatic heterocycles. The van der Waals surface area contributed by atoms with Gasteiger partial charge in [-0.15, -0.1) is 0 Å². The number of halogens is 1. The molecule has 1 heterocycles. The van der Waals surface area contributed by atoms with Crippen LogP contribution in [0.1, 0.15) is 20.8 Å². The minimum absolute atomic E-state index is 0.0905. The first-order valence-corrected chi connectivity index (χ1v) is 6.75. The van der Waals surface area contributed by atoms with Gasteiger partial charge in [0.25, 0.3) is 0 Å². The Morgan fingerprint density at radius 2 is 2.05 bits per heavy atom. The summed E-state index contributed by atoms with van der Waals surface area (Å²) in [7, 11) is 0. The molecule has 0 unspecified atom stereocenters. The van der Waals surface area contributed by atoms with Crippen molar-refractivity contribution in [1.29, 1.82) is 0 Å². The second-order valence-electron chi connectivity index (χ2n) is 5.74. The molecular formula is C14H18ClNO4. The summed E-state index contributed by atoms with van der Waals surface area (Å²) in [6.07, 6.45) is -0.485. The monoisotopic (exact) mass is 299 g/mol. The molecule has 20 heavy (non-hydrogen) atoms. The van der Waals surface area contributed by atoms with E-state index in [9.17, 15) is 9.90 Å². The van der Waals surface area contributed by atoms with Gasteiger partial charge in [0.1, 0.15) is 23.2 Å². The molecule has 1 saturated heterocycles. The SMILES string of the molecule is CC(C)(C)OC(=O)N1CC(Oc2cc(O)ccc2Cl)C1. The number of hydrogen-bond donors (Lipinski definition) is 1. The van der Waals surface area contributed by atoms with Crippen LogP contribution in [0, 0.1) is 0 Å².